The first kappa shape index (κ1) is 14.0. The molecule has 0 spiro atoms. The summed E-state index contributed by atoms with van der Waals surface area (Å²) < 4.78 is 30.9. The molecule has 0 fully saturated rings. The number of rotatable bonds is 4. The van der Waals surface area contributed by atoms with E-state index in [0.717, 1.165) is 11.5 Å². The molecule has 0 bridgehead atoms. The predicted octanol–water partition coefficient (Wildman–Crippen LogP) is 3.22. The maximum atomic E-state index is 13.5. The second-order valence-corrected chi connectivity index (χ2v) is 5.38. The van der Waals surface area contributed by atoms with Gasteiger partial charge < -0.3 is 5.11 Å². The van der Waals surface area contributed by atoms with E-state index < -0.39 is 17.7 Å². The molecule has 6 heteroatoms. The van der Waals surface area contributed by atoms with Crippen LogP contribution in [0.5, 0.6) is 0 Å². The fourth-order valence-corrected chi connectivity index (χ4v) is 2.64. The highest BCUT2D eigenvalue weighted by Crippen LogP contribution is 2.29. The summed E-state index contributed by atoms with van der Waals surface area (Å²) in [6, 6.07) is 3.66. The number of benzene rings is 1. The van der Waals surface area contributed by atoms with Crippen molar-refractivity contribution in [1.82, 2.24) is 9.59 Å². The predicted molar refractivity (Wildman–Crippen MR) is 69.0 cm³/mol. The Bertz CT molecular complexity index is 551. The van der Waals surface area contributed by atoms with E-state index in [-0.39, 0.29) is 17.9 Å². The van der Waals surface area contributed by atoms with Crippen molar-refractivity contribution in [2.75, 3.05) is 0 Å². The van der Waals surface area contributed by atoms with Gasteiger partial charge >= 0.3 is 0 Å². The molecule has 0 saturated heterocycles. The molecular formula is C13H14F2N2OS. The number of hydrogen-bond donors (Lipinski definition) is 1. The van der Waals surface area contributed by atoms with Crippen molar-refractivity contribution in [3.05, 3.63) is 46.0 Å². The van der Waals surface area contributed by atoms with Gasteiger partial charge in [0.2, 0.25) is 0 Å². The van der Waals surface area contributed by atoms with Crippen LogP contribution in [-0.2, 0) is 6.42 Å². The number of nitrogens with zero attached hydrogens (tertiary/aromatic N) is 2. The molecule has 0 saturated carbocycles. The molecule has 1 heterocycles. The minimum atomic E-state index is -0.996. The molecular weight excluding hydrogens is 270 g/mol. The van der Waals surface area contributed by atoms with E-state index in [1.54, 1.807) is 0 Å². The number of aliphatic hydroxyl groups excluding tert-OH is 1. The first-order valence-electron chi connectivity index (χ1n) is 5.93. The Morgan fingerprint density at radius 2 is 1.89 bits per heavy atom. The van der Waals surface area contributed by atoms with E-state index in [2.05, 4.69) is 9.59 Å². The lowest BCUT2D eigenvalue weighted by atomic mass is 10.0. The number of hydrogen-bond acceptors (Lipinski definition) is 4. The minimum absolute atomic E-state index is 0.105. The third-order valence-corrected chi connectivity index (χ3v) is 3.69. The van der Waals surface area contributed by atoms with Gasteiger partial charge in [-0.05, 0) is 29.6 Å². The van der Waals surface area contributed by atoms with Crippen molar-refractivity contribution in [2.24, 2.45) is 0 Å². The Labute approximate surface area is 114 Å². The van der Waals surface area contributed by atoms with Crippen LogP contribution in [0.1, 0.15) is 42.0 Å². The summed E-state index contributed by atoms with van der Waals surface area (Å²) in [6.45, 7) is 3.85. The largest absolute Gasteiger partial charge is 0.387 e. The molecule has 102 valence electrons. The van der Waals surface area contributed by atoms with Crippen LogP contribution in [0, 0.1) is 11.6 Å². The van der Waals surface area contributed by atoms with Crippen LogP contribution >= 0.6 is 11.5 Å². The second-order valence-electron chi connectivity index (χ2n) is 4.60. The van der Waals surface area contributed by atoms with Gasteiger partial charge in [-0.2, -0.15) is 0 Å². The third-order valence-electron chi connectivity index (χ3n) is 2.85. The van der Waals surface area contributed by atoms with E-state index >= 15 is 0 Å². The summed E-state index contributed by atoms with van der Waals surface area (Å²) in [4.78, 5) is 0.567. The van der Waals surface area contributed by atoms with Crippen LogP contribution in [0.2, 0.25) is 0 Å². The molecule has 0 amide bonds. The molecule has 2 rings (SSSR count). The molecule has 19 heavy (non-hydrogen) atoms. The van der Waals surface area contributed by atoms with Crippen molar-refractivity contribution in [1.29, 1.82) is 0 Å². The van der Waals surface area contributed by atoms with E-state index in [1.165, 1.54) is 18.2 Å². The fourth-order valence-electron chi connectivity index (χ4n) is 1.85. The molecule has 1 aromatic carbocycles. The first-order chi connectivity index (χ1) is 9.00. The molecule has 1 N–H and O–H groups in total. The van der Waals surface area contributed by atoms with Gasteiger partial charge in [-0.1, -0.05) is 24.4 Å². The van der Waals surface area contributed by atoms with E-state index in [1.807, 2.05) is 13.8 Å². The quantitative estimate of drug-likeness (QED) is 0.937. The van der Waals surface area contributed by atoms with Gasteiger partial charge in [0.15, 0.2) is 0 Å². The van der Waals surface area contributed by atoms with Crippen LogP contribution in [0.15, 0.2) is 18.2 Å². The van der Waals surface area contributed by atoms with Gasteiger partial charge in [0.1, 0.15) is 11.6 Å². The van der Waals surface area contributed by atoms with Crippen LogP contribution in [0.4, 0.5) is 8.78 Å². The van der Waals surface area contributed by atoms with Crippen molar-refractivity contribution >= 4 is 11.5 Å². The minimum Gasteiger partial charge on any atom is -0.387 e. The molecule has 0 aliphatic carbocycles. The lowest BCUT2D eigenvalue weighted by Gasteiger charge is -2.12. The van der Waals surface area contributed by atoms with E-state index in [0.29, 0.717) is 10.6 Å². The average Bonchev–Trinajstić information content (AvgIpc) is 2.83. The zero-order chi connectivity index (χ0) is 14.0. The monoisotopic (exact) mass is 284 g/mol. The SMILES string of the molecule is CC(C)c1nnsc1C(O)Cc1c(F)cccc1F. The van der Waals surface area contributed by atoms with Crippen molar-refractivity contribution in [3.8, 4) is 0 Å². The molecule has 3 nitrogen and oxygen atoms in total. The van der Waals surface area contributed by atoms with Crippen molar-refractivity contribution in [3.63, 3.8) is 0 Å². The lowest BCUT2D eigenvalue weighted by molar-refractivity contribution is 0.178. The van der Waals surface area contributed by atoms with Gasteiger partial charge in [0.25, 0.3) is 0 Å². The van der Waals surface area contributed by atoms with Gasteiger partial charge in [-0.25, -0.2) is 8.78 Å². The Balaban J connectivity index is 2.26. The van der Waals surface area contributed by atoms with Crippen LogP contribution < -0.4 is 0 Å². The normalized spacial score (nSPS) is 12.9. The highest BCUT2D eigenvalue weighted by atomic mass is 32.1. The van der Waals surface area contributed by atoms with Gasteiger partial charge in [0, 0.05) is 12.0 Å². The van der Waals surface area contributed by atoms with Gasteiger partial charge in [0.05, 0.1) is 16.7 Å². The Morgan fingerprint density at radius 3 is 2.47 bits per heavy atom. The smallest absolute Gasteiger partial charge is 0.129 e. The molecule has 0 aliphatic rings. The summed E-state index contributed by atoms with van der Waals surface area (Å²) in [5.41, 5.74) is 0.562. The summed E-state index contributed by atoms with van der Waals surface area (Å²) in [5, 5.41) is 14.1. The standard InChI is InChI=1S/C13H14F2N2OS/c1-7(2)12-13(19-17-16-12)11(18)6-8-9(14)4-3-5-10(8)15/h3-5,7,11,18H,6H2,1-2H3. The zero-order valence-corrected chi connectivity index (χ0v) is 11.4. The molecule has 2 aromatic rings. The summed E-state index contributed by atoms with van der Waals surface area (Å²) in [5.74, 6) is -1.20. The second kappa shape index (κ2) is 5.71. The van der Waals surface area contributed by atoms with Crippen LogP contribution in [0.25, 0.3) is 0 Å². The molecule has 1 unspecified atom stereocenters. The summed E-state index contributed by atoms with van der Waals surface area (Å²) in [6.07, 6.45) is -1.12. The fraction of sp³-hybridized carbons (Fsp3) is 0.385. The molecule has 0 aliphatic heterocycles. The van der Waals surface area contributed by atoms with E-state index in [9.17, 15) is 13.9 Å². The maximum Gasteiger partial charge on any atom is 0.129 e. The van der Waals surface area contributed by atoms with Crippen molar-refractivity contribution in [2.45, 2.75) is 32.3 Å². The van der Waals surface area contributed by atoms with Crippen LogP contribution in [-0.4, -0.2) is 14.7 Å². The zero-order valence-electron chi connectivity index (χ0n) is 10.6. The van der Waals surface area contributed by atoms with Crippen LogP contribution in [0.3, 0.4) is 0 Å². The van der Waals surface area contributed by atoms with Crippen molar-refractivity contribution < 1.29 is 13.9 Å². The Kier molecular flexibility index (Phi) is 4.21. The third kappa shape index (κ3) is 2.96. The van der Waals surface area contributed by atoms with Gasteiger partial charge in [-0.15, -0.1) is 5.10 Å². The van der Waals surface area contributed by atoms with Gasteiger partial charge in [-0.3, -0.25) is 0 Å². The highest BCUT2D eigenvalue weighted by molar-refractivity contribution is 7.05. The number of aliphatic hydroxyl groups is 1. The topological polar surface area (TPSA) is 46.0 Å². The molecule has 0 radical (unpaired) electrons. The molecule has 1 aromatic heterocycles. The number of halogens is 2. The maximum absolute atomic E-state index is 13.5. The summed E-state index contributed by atoms with van der Waals surface area (Å²) >= 11 is 1.06. The Hall–Kier alpha value is -1.40. The molecule has 1 atom stereocenters. The summed E-state index contributed by atoms with van der Waals surface area (Å²) in [7, 11) is 0. The van der Waals surface area contributed by atoms with E-state index in [4.69, 9.17) is 0 Å². The first-order valence-corrected chi connectivity index (χ1v) is 6.71. The Morgan fingerprint density at radius 1 is 1.26 bits per heavy atom. The average molecular weight is 284 g/mol. The lowest BCUT2D eigenvalue weighted by Crippen LogP contribution is -2.07. The highest BCUT2D eigenvalue weighted by Gasteiger charge is 2.22. The number of aromatic nitrogens is 2.